The van der Waals surface area contributed by atoms with Crippen LogP contribution in [0.3, 0.4) is 0 Å². The fourth-order valence-corrected chi connectivity index (χ4v) is 3.91. The molecule has 1 aromatic carbocycles. The summed E-state index contributed by atoms with van der Waals surface area (Å²) in [6, 6.07) is 5.30. The van der Waals surface area contributed by atoms with Gasteiger partial charge in [-0.15, -0.1) is 0 Å². The highest BCUT2D eigenvalue weighted by Gasteiger charge is 2.45. The van der Waals surface area contributed by atoms with Crippen LogP contribution in [0.1, 0.15) is 38.7 Å². The van der Waals surface area contributed by atoms with Gasteiger partial charge in [-0.3, -0.25) is 10.1 Å². The van der Waals surface area contributed by atoms with Gasteiger partial charge in [-0.05, 0) is 36.2 Å². The van der Waals surface area contributed by atoms with Crippen molar-refractivity contribution in [2.45, 2.75) is 39.2 Å². The molecule has 0 saturated carbocycles. The summed E-state index contributed by atoms with van der Waals surface area (Å²) in [5, 5.41) is 15.3. The van der Waals surface area contributed by atoms with Crippen molar-refractivity contribution in [1.82, 2.24) is 0 Å². The molecule has 128 valence electrons. The van der Waals surface area contributed by atoms with E-state index < -0.39 is 0 Å². The van der Waals surface area contributed by atoms with Crippen LogP contribution in [-0.2, 0) is 4.74 Å². The van der Waals surface area contributed by atoms with Crippen molar-refractivity contribution in [3.05, 3.63) is 46.0 Å². The Kier molecular flexibility index (Phi) is 4.34. The molecule has 2 unspecified atom stereocenters. The molecular formula is C18H22N2O3S. The Balaban J connectivity index is 1.93. The molecule has 0 fully saturated rings. The van der Waals surface area contributed by atoms with Crippen molar-refractivity contribution in [2.75, 3.05) is 11.9 Å². The van der Waals surface area contributed by atoms with Crippen LogP contribution in [0.2, 0.25) is 0 Å². The highest BCUT2D eigenvalue weighted by molar-refractivity contribution is 7.80. The van der Waals surface area contributed by atoms with Crippen LogP contribution in [0, 0.1) is 21.4 Å². The highest BCUT2D eigenvalue weighted by atomic mass is 32.1. The molecule has 0 saturated heterocycles. The maximum absolute atomic E-state index is 11.1. The Morgan fingerprint density at radius 3 is 2.92 bits per heavy atom. The van der Waals surface area contributed by atoms with Gasteiger partial charge < -0.3 is 10.1 Å². The number of thiocarbonyl (C=S) groups is 1. The van der Waals surface area contributed by atoms with Crippen LogP contribution >= 0.6 is 12.2 Å². The second-order valence-corrected chi connectivity index (χ2v) is 7.85. The minimum absolute atomic E-state index is 0.117. The largest absolute Gasteiger partial charge is 0.487 e. The molecule has 2 aliphatic rings. The first-order valence-electron chi connectivity index (χ1n) is 8.14. The standard InChI is InChI=1S/C18H22N2O3S/c1-11(24)23-10-18(2,3)17-14-6-4-5-13(14)15-9-12(20(21)22)7-8-16(15)19-17/h4-5,7-9,13-14,17,19H,6,10H2,1-3H3/t13?,14?,17-/m0/s1. The van der Waals surface area contributed by atoms with Crippen LogP contribution in [-0.4, -0.2) is 22.6 Å². The summed E-state index contributed by atoms with van der Waals surface area (Å²) in [4.78, 5) is 10.8. The smallest absolute Gasteiger partial charge is 0.269 e. The number of hydrogen-bond donors (Lipinski definition) is 1. The Morgan fingerprint density at radius 2 is 2.25 bits per heavy atom. The summed E-state index contributed by atoms with van der Waals surface area (Å²) in [7, 11) is 0. The van der Waals surface area contributed by atoms with Crippen molar-refractivity contribution in [1.29, 1.82) is 0 Å². The van der Waals surface area contributed by atoms with Crippen LogP contribution in [0.5, 0.6) is 0 Å². The number of nitro benzene ring substituents is 1. The molecule has 24 heavy (non-hydrogen) atoms. The first-order chi connectivity index (χ1) is 11.3. The lowest BCUT2D eigenvalue weighted by Gasteiger charge is -2.45. The summed E-state index contributed by atoms with van der Waals surface area (Å²) in [5.41, 5.74) is 2.02. The Bertz CT molecular complexity index is 714. The number of benzene rings is 1. The summed E-state index contributed by atoms with van der Waals surface area (Å²) in [5.74, 6) is 0.572. The van der Waals surface area contributed by atoms with E-state index in [1.807, 2.05) is 6.07 Å². The SMILES string of the molecule is CC(=S)OCC(C)(C)[C@H]1Nc2ccc([N+](=O)[O-])cc2C2C=CCC21. The molecule has 6 heteroatoms. The van der Waals surface area contributed by atoms with E-state index in [4.69, 9.17) is 17.0 Å². The van der Waals surface area contributed by atoms with Gasteiger partial charge in [0.05, 0.1) is 11.5 Å². The zero-order valence-electron chi connectivity index (χ0n) is 14.1. The quantitative estimate of drug-likeness (QED) is 0.378. The third kappa shape index (κ3) is 3.02. The fraction of sp³-hybridized carbons (Fsp3) is 0.500. The molecule has 1 aliphatic carbocycles. The summed E-state index contributed by atoms with van der Waals surface area (Å²) in [6.45, 7) is 6.68. The first-order valence-corrected chi connectivity index (χ1v) is 8.55. The number of hydrogen-bond acceptors (Lipinski definition) is 5. The van der Waals surface area contributed by atoms with Gasteiger partial charge >= 0.3 is 0 Å². The van der Waals surface area contributed by atoms with E-state index in [1.165, 1.54) is 0 Å². The zero-order valence-corrected chi connectivity index (χ0v) is 14.9. The van der Waals surface area contributed by atoms with Crippen molar-refractivity contribution in [3.63, 3.8) is 0 Å². The Hall–Kier alpha value is -1.95. The van der Waals surface area contributed by atoms with Crippen molar-refractivity contribution < 1.29 is 9.66 Å². The minimum Gasteiger partial charge on any atom is -0.487 e. The number of nitrogens with zero attached hydrogens (tertiary/aromatic N) is 1. The summed E-state index contributed by atoms with van der Waals surface area (Å²) >= 11 is 5.04. The second-order valence-electron chi connectivity index (χ2n) is 7.27. The average Bonchev–Trinajstić information content (AvgIpc) is 3.01. The van der Waals surface area contributed by atoms with Gasteiger partial charge in [0.2, 0.25) is 0 Å². The van der Waals surface area contributed by atoms with Crippen LogP contribution in [0.15, 0.2) is 30.4 Å². The zero-order chi connectivity index (χ0) is 17.5. The highest BCUT2D eigenvalue weighted by Crippen LogP contribution is 2.49. The second kappa shape index (κ2) is 6.16. The minimum atomic E-state index is -0.333. The van der Waals surface area contributed by atoms with E-state index in [0.29, 0.717) is 17.6 Å². The van der Waals surface area contributed by atoms with Crippen molar-refractivity contribution in [2.24, 2.45) is 11.3 Å². The van der Waals surface area contributed by atoms with Gasteiger partial charge in [0, 0.05) is 42.1 Å². The van der Waals surface area contributed by atoms with Gasteiger partial charge in [-0.25, -0.2) is 0 Å². The van der Waals surface area contributed by atoms with Gasteiger partial charge in [0.25, 0.3) is 5.69 Å². The molecule has 1 heterocycles. The molecule has 3 atom stereocenters. The number of non-ortho nitro benzene ring substituents is 1. The predicted octanol–water partition coefficient (Wildman–Crippen LogP) is 4.44. The maximum atomic E-state index is 11.1. The molecule has 0 bridgehead atoms. The van der Waals surface area contributed by atoms with Gasteiger partial charge in [0.15, 0.2) is 5.05 Å². The third-order valence-electron chi connectivity index (χ3n) is 5.05. The first kappa shape index (κ1) is 16.9. The lowest BCUT2D eigenvalue weighted by atomic mass is 9.69. The van der Waals surface area contributed by atoms with E-state index in [1.54, 1.807) is 19.1 Å². The molecule has 0 aromatic heterocycles. The number of ether oxygens (including phenoxy) is 1. The van der Waals surface area contributed by atoms with Crippen LogP contribution in [0.25, 0.3) is 0 Å². The Morgan fingerprint density at radius 1 is 1.50 bits per heavy atom. The van der Waals surface area contributed by atoms with E-state index in [2.05, 4.69) is 31.3 Å². The topological polar surface area (TPSA) is 64.4 Å². The molecule has 1 N–H and O–H groups in total. The molecule has 0 radical (unpaired) electrons. The molecule has 5 nitrogen and oxygen atoms in total. The normalized spacial score (nSPS) is 24.7. The van der Waals surface area contributed by atoms with Crippen LogP contribution < -0.4 is 5.32 Å². The van der Waals surface area contributed by atoms with Gasteiger partial charge in [-0.1, -0.05) is 26.0 Å². The van der Waals surface area contributed by atoms with Crippen molar-refractivity contribution >= 4 is 28.6 Å². The number of nitro groups is 1. The summed E-state index contributed by atoms with van der Waals surface area (Å²) < 4.78 is 5.63. The number of anilines is 1. The van der Waals surface area contributed by atoms with Crippen LogP contribution in [0.4, 0.5) is 11.4 Å². The third-order valence-corrected chi connectivity index (χ3v) is 5.16. The van der Waals surface area contributed by atoms with E-state index in [-0.39, 0.29) is 28.0 Å². The monoisotopic (exact) mass is 346 g/mol. The van der Waals surface area contributed by atoms with E-state index >= 15 is 0 Å². The fourth-order valence-electron chi connectivity index (χ4n) is 3.85. The molecule has 0 spiro atoms. The number of nitrogens with one attached hydrogen (secondary N) is 1. The molecular weight excluding hydrogens is 324 g/mol. The summed E-state index contributed by atoms with van der Waals surface area (Å²) in [6.07, 6.45) is 5.33. The molecule has 3 rings (SSSR count). The molecule has 1 aliphatic heterocycles. The Labute approximate surface area is 147 Å². The van der Waals surface area contributed by atoms with E-state index in [0.717, 1.165) is 17.7 Å². The lowest BCUT2D eigenvalue weighted by molar-refractivity contribution is -0.384. The number of fused-ring (bicyclic) bond motifs is 3. The maximum Gasteiger partial charge on any atom is 0.269 e. The number of rotatable bonds is 4. The predicted molar refractivity (Wildman–Crippen MR) is 98.5 cm³/mol. The number of allylic oxidation sites excluding steroid dienone is 2. The average molecular weight is 346 g/mol. The molecule has 0 amide bonds. The van der Waals surface area contributed by atoms with Gasteiger partial charge in [0.1, 0.15) is 0 Å². The van der Waals surface area contributed by atoms with Gasteiger partial charge in [-0.2, -0.15) is 0 Å². The molecule has 1 aromatic rings. The van der Waals surface area contributed by atoms with E-state index in [9.17, 15) is 10.1 Å². The lowest BCUT2D eigenvalue weighted by Crippen LogP contribution is -2.48. The van der Waals surface area contributed by atoms with Crippen molar-refractivity contribution in [3.8, 4) is 0 Å².